The molecule has 0 radical (unpaired) electrons. The highest BCUT2D eigenvalue weighted by Crippen LogP contribution is 2.15. The van der Waals surface area contributed by atoms with Crippen LogP contribution in [0.1, 0.15) is 22.8 Å². The summed E-state index contributed by atoms with van der Waals surface area (Å²) in [7, 11) is 1.71. The van der Waals surface area contributed by atoms with Gasteiger partial charge in [0.25, 0.3) is 5.91 Å². The molecule has 0 aliphatic carbocycles. The smallest absolute Gasteiger partial charge is 0.255 e. The van der Waals surface area contributed by atoms with Crippen molar-refractivity contribution in [3.8, 4) is 11.5 Å². The fourth-order valence-corrected chi connectivity index (χ4v) is 1.97. The van der Waals surface area contributed by atoms with E-state index in [1.807, 2.05) is 31.2 Å². The Labute approximate surface area is 123 Å². The Hall–Kier alpha value is -2.56. The molecule has 0 bridgehead atoms. The maximum absolute atomic E-state index is 12.2. The SMILES string of the molecule is CCOc1ccc(CN(C)C(=O)c2cncc(O)c2)cc1. The predicted molar refractivity (Wildman–Crippen MR) is 79.3 cm³/mol. The molecule has 0 fully saturated rings. The quantitative estimate of drug-likeness (QED) is 0.917. The second kappa shape index (κ2) is 6.74. The van der Waals surface area contributed by atoms with Gasteiger partial charge in [-0.25, -0.2) is 0 Å². The summed E-state index contributed by atoms with van der Waals surface area (Å²) in [4.78, 5) is 17.6. The van der Waals surface area contributed by atoms with E-state index in [1.54, 1.807) is 11.9 Å². The highest BCUT2D eigenvalue weighted by molar-refractivity contribution is 5.94. The van der Waals surface area contributed by atoms with Gasteiger partial charge in [-0.2, -0.15) is 0 Å². The van der Waals surface area contributed by atoms with E-state index in [4.69, 9.17) is 4.74 Å². The number of benzene rings is 1. The van der Waals surface area contributed by atoms with E-state index < -0.39 is 0 Å². The maximum atomic E-state index is 12.2. The largest absolute Gasteiger partial charge is 0.506 e. The molecule has 1 aromatic heterocycles. The molecule has 110 valence electrons. The van der Waals surface area contributed by atoms with Crippen LogP contribution in [0.4, 0.5) is 0 Å². The fourth-order valence-electron chi connectivity index (χ4n) is 1.97. The molecule has 0 spiro atoms. The number of ether oxygens (including phenoxy) is 1. The lowest BCUT2D eigenvalue weighted by atomic mass is 10.2. The lowest BCUT2D eigenvalue weighted by Crippen LogP contribution is -2.26. The van der Waals surface area contributed by atoms with E-state index in [2.05, 4.69) is 4.98 Å². The summed E-state index contributed by atoms with van der Waals surface area (Å²) >= 11 is 0. The van der Waals surface area contributed by atoms with Gasteiger partial charge in [-0.05, 0) is 30.7 Å². The Bertz CT molecular complexity index is 611. The number of nitrogens with zero attached hydrogens (tertiary/aromatic N) is 2. The summed E-state index contributed by atoms with van der Waals surface area (Å²) in [6.45, 7) is 3.03. The first-order valence-corrected chi connectivity index (χ1v) is 6.71. The molecule has 0 saturated carbocycles. The Kier molecular flexibility index (Phi) is 4.77. The molecule has 2 rings (SSSR count). The second-order valence-corrected chi connectivity index (χ2v) is 4.67. The summed E-state index contributed by atoms with van der Waals surface area (Å²) in [5.41, 5.74) is 1.37. The minimum atomic E-state index is -0.188. The van der Waals surface area contributed by atoms with Gasteiger partial charge >= 0.3 is 0 Å². The fraction of sp³-hybridized carbons (Fsp3) is 0.250. The zero-order valence-corrected chi connectivity index (χ0v) is 12.1. The minimum Gasteiger partial charge on any atom is -0.506 e. The van der Waals surface area contributed by atoms with Gasteiger partial charge in [0.05, 0.1) is 18.4 Å². The summed E-state index contributed by atoms with van der Waals surface area (Å²) in [5, 5.41) is 9.37. The van der Waals surface area contributed by atoms with E-state index in [1.165, 1.54) is 18.5 Å². The number of hydrogen-bond donors (Lipinski definition) is 1. The number of carbonyl (C=O) groups excluding carboxylic acids is 1. The molecule has 0 atom stereocenters. The molecule has 0 unspecified atom stereocenters. The van der Waals surface area contributed by atoms with E-state index in [-0.39, 0.29) is 11.7 Å². The number of hydrogen-bond acceptors (Lipinski definition) is 4. The third-order valence-electron chi connectivity index (χ3n) is 2.97. The van der Waals surface area contributed by atoms with Gasteiger partial charge in [0.1, 0.15) is 11.5 Å². The molecule has 21 heavy (non-hydrogen) atoms. The van der Waals surface area contributed by atoms with E-state index in [9.17, 15) is 9.90 Å². The first kappa shape index (κ1) is 14.8. The number of rotatable bonds is 5. The van der Waals surface area contributed by atoms with Crippen molar-refractivity contribution in [1.82, 2.24) is 9.88 Å². The van der Waals surface area contributed by atoms with Crippen LogP contribution in [0.15, 0.2) is 42.7 Å². The van der Waals surface area contributed by atoms with Gasteiger partial charge in [-0.15, -0.1) is 0 Å². The van der Waals surface area contributed by atoms with Crippen LogP contribution in [0.2, 0.25) is 0 Å². The van der Waals surface area contributed by atoms with Gasteiger partial charge in [0.15, 0.2) is 0 Å². The van der Waals surface area contributed by atoms with Crippen LogP contribution >= 0.6 is 0 Å². The first-order chi connectivity index (χ1) is 10.1. The van der Waals surface area contributed by atoms with Crippen molar-refractivity contribution in [2.45, 2.75) is 13.5 Å². The average Bonchev–Trinajstić information content (AvgIpc) is 2.48. The van der Waals surface area contributed by atoms with Gasteiger partial charge < -0.3 is 14.7 Å². The highest BCUT2D eigenvalue weighted by Gasteiger charge is 2.13. The topological polar surface area (TPSA) is 62.7 Å². The molecule has 5 heteroatoms. The predicted octanol–water partition coefficient (Wildman–Crippen LogP) is 2.46. The van der Waals surface area contributed by atoms with Crippen LogP contribution in [-0.2, 0) is 6.54 Å². The third-order valence-corrected chi connectivity index (χ3v) is 2.97. The van der Waals surface area contributed by atoms with E-state index in [0.29, 0.717) is 18.7 Å². The van der Waals surface area contributed by atoms with Gasteiger partial charge in [0, 0.05) is 19.8 Å². The van der Waals surface area contributed by atoms with Crippen molar-refractivity contribution < 1.29 is 14.6 Å². The molecular weight excluding hydrogens is 268 g/mol. The lowest BCUT2D eigenvalue weighted by molar-refractivity contribution is 0.0784. The first-order valence-electron chi connectivity index (χ1n) is 6.71. The monoisotopic (exact) mass is 286 g/mol. The van der Waals surface area contributed by atoms with Crippen LogP contribution < -0.4 is 4.74 Å². The van der Waals surface area contributed by atoms with Gasteiger partial charge in [-0.3, -0.25) is 9.78 Å². The van der Waals surface area contributed by atoms with Crippen LogP contribution in [0, 0.1) is 0 Å². The van der Waals surface area contributed by atoms with Crippen molar-refractivity contribution in [2.24, 2.45) is 0 Å². The minimum absolute atomic E-state index is 0.0182. The molecule has 0 saturated heterocycles. The standard InChI is InChI=1S/C16H18N2O3/c1-3-21-15-6-4-12(5-7-15)11-18(2)16(20)13-8-14(19)10-17-9-13/h4-10,19H,3,11H2,1-2H3. The molecular formula is C16H18N2O3. The Morgan fingerprint density at radius 1 is 1.29 bits per heavy atom. The molecule has 1 amide bonds. The number of aromatic nitrogens is 1. The molecule has 0 aliphatic heterocycles. The van der Waals surface area contributed by atoms with Gasteiger partial charge in [-0.1, -0.05) is 12.1 Å². The summed E-state index contributed by atoms with van der Waals surface area (Å²) in [5.74, 6) is 0.606. The van der Waals surface area contributed by atoms with Crippen molar-refractivity contribution in [1.29, 1.82) is 0 Å². The molecule has 0 aliphatic rings. The molecule has 5 nitrogen and oxygen atoms in total. The van der Waals surface area contributed by atoms with Crippen LogP contribution in [0.25, 0.3) is 0 Å². The number of amides is 1. The Morgan fingerprint density at radius 2 is 2.00 bits per heavy atom. The number of carbonyl (C=O) groups is 1. The number of aromatic hydroxyl groups is 1. The summed E-state index contributed by atoms with van der Waals surface area (Å²) < 4.78 is 5.38. The van der Waals surface area contributed by atoms with Crippen LogP contribution in [0.5, 0.6) is 11.5 Å². The van der Waals surface area contributed by atoms with Crippen molar-refractivity contribution >= 4 is 5.91 Å². The van der Waals surface area contributed by atoms with Gasteiger partial charge in [0.2, 0.25) is 0 Å². The van der Waals surface area contributed by atoms with E-state index >= 15 is 0 Å². The van der Waals surface area contributed by atoms with Crippen molar-refractivity contribution in [3.63, 3.8) is 0 Å². The summed E-state index contributed by atoms with van der Waals surface area (Å²) in [6.07, 6.45) is 2.74. The Balaban J connectivity index is 2.03. The maximum Gasteiger partial charge on any atom is 0.255 e. The molecule has 1 heterocycles. The zero-order chi connectivity index (χ0) is 15.2. The van der Waals surface area contributed by atoms with Crippen molar-refractivity contribution in [2.75, 3.05) is 13.7 Å². The normalized spacial score (nSPS) is 10.2. The highest BCUT2D eigenvalue weighted by atomic mass is 16.5. The van der Waals surface area contributed by atoms with Crippen LogP contribution in [-0.4, -0.2) is 34.6 Å². The van der Waals surface area contributed by atoms with Crippen molar-refractivity contribution in [3.05, 3.63) is 53.9 Å². The Morgan fingerprint density at radius 3 is 2.62 bits per heavy atom. The average molecular weight is 286 g/mol. The number of pyridine rings is 1. The van der Waals surface area contributed by atoms with Crippen LogP contribution in [0.3, 0.4) is 0 Å². The zero-order valence-electron chi connectivity index (χ0n) is 12.1. The van der Waals surface area contributed by atoms with E-state index in [0.717, 1.165) is 11.3 Å². The second-order valence-electron chi connectivity index (χ2n) is 4.67. The molecule has 1 N–H and O–H groups in total. The third kappa shape index (κ3) is 3.95. The molecule has 2 aromatic rings. The molecule has 1 aromatic carbocycles. The summed E-state index contributed by atoms with van der Waals surface area (Å²) in [6, 6.07) is 9.02. The lowest BCUT2D eigenvalue weighted by Gasteiger charge is -2.17.